The fourth-order valence-corrected chi connectivity index (χ4v) is 2.22. The van der Waals surface area contributed by atoms with Gasteiger partial charge in [0, 0.05) is 20.2 Å². The number of hydrogen-bond donors (Lipinski definition) is 1. The van der Waals surface area contributed by atoms with E-state index in [1.165, 1.54) is 11.1 Å². The Morgan fingerprint density at radius 3 is 2.94 bits per heavy atom. The Morgan fingerprint density at radius 1 is 1.39 bits per heavy atom. The van der Waals surface area contributed by atoms with Crippen molar-refractivity contribution in [2.75, 3.05) is 26.8 Å². The van der Waals surface area contributed by atoms with E-state index in [0.29, 0.717) is 0 Å². The lowest BCUT2D eigenvalue weighted by molar-refractivity contribution is 0.0114. The van der Waals surface area contributed by atoms with Crippen LogP contribution in [0.1, 0.15) is 31.1 Å². The number of hydrogen-bond acceptors (Lipinski definition) is 3. The van der Waals surface area contributed by atoms with Crippen LogP contribution in [0.2, 0.25) is 0 Å². The van der Waals surface area contributed by atoms with Crippen LogP contribution < -0.4 is 5.32 Å². The van der Waals surface area contributed by atoms with Crippen LogP contribution in [0.5, 0.6) is 0 Å². The summed E-state index contributed by atoms with van der Waals surface area (Å²) < 4.78 is 11.2. The molecule has 0 fully saturated rings. The summed E-state index contributed by atoms with van der Waals surface area (Å²) in [6.07, 6.45) is 1.19. The van der Waals surface area contributed by atoms with Crippen LogP contribution in [0.25, 0.3) is 0 Å². The first-order chi connectivity index (χ1) is 8.62. The molecule has 1 aliphatic heterocycles. The van der Waals surface area contributed by atoms with Crippen LogP contribution in [0.15, 0.2) is 24.3 Å². The Hall–Kier alpha value is -0.900. The highest BCUT2D eigenvalue weighted by Crippen LogP contribution is 2.26. The van der Waals surface area contributed by atoms with E-state index in [4.69, 9.17) is 9.47 Å². The summed E-state index contributed by atoms with van der Waals surface area (Å²) in [5.41, 5.74) is 2.61. The molecule has 0 aromatic heterocycles. The van der Waals surface area contributed by atoms with Gasteiger partial charge in [0.15, 0.2) is 0 Å². The average Bonchev–Trinajstić information content (AvgIpc) is 2.39. The zero-order valence-corrected chi connectivity index (χ0v) is 11.5. The predicted molar refractivity (Wildman–Crippen MR) is 72.8 cm³/mol. The Labute approximate surface area is 109 Å². The quantitative estimate of drug-likeness (QED) is 0.868. The minimum absolute atomic E-state index is 0.131. The van der Waals surface area contributed by atoms with Crippen molar-refractivity contribution in [1.29, 1.82) is 0 Å². The Kier molecular flexibility index (Phi) is 4.38. The van der Waals surface area contributed by atoms with Crippen LogP contribution in [-0.2, 0) is 15.9 Å². The smallest absolute Gasteiger partial charge is 0.0952 e. The van der Waals surface area contributed by atoms with E-state index in [1.807, 2.05) is 0 Å². The van der Waals surface area contributed by atoms with Crippen molar-refractivity contribution in [3.63, 3.8) is 0 Å². The summed E-state index contributed by atoms with van der Waals surface area (Å²) in [6.45, 7) is 6.64. The first-order valence-electron chi connectivity index (χ1n) is 6.58. The maximum absolute atomic E-state index is 5.85. The summed E-state index contributed by atoms with van der Waals surface area (Å²) in [5, 5.41) is 3.44. The zero-order chi connectivity index (χ0) is 13.0. The molecule has 1 aromatic rings. The number of benzene rings is 1. The van der Waals surface area contributed by atoms with Gasteiger partial charge < -0.3 is 14.8 Å². The van der Waals surface area contributed by atoms with Crippen molar-refractivity contribution < 1.29 is 9.47 Å². The summed E-state index contributed by atoms with van der Waals surface area (Å²) in [6, 6.07) is 8.55. The van der Waals surface area contributed by atoms with Gasteiger partial charge in [-0.25, -0.2) is 0 Å². The van der Waals surface area contributed by atoms with Crippen molar-refractivity contribution in [1.82, 2.24) is 5.32 Å². The molecule has 0 saturated carbocycles. The molecule has 2 rings (SSSR count). The van der Waals surface area contributed by atoms with Gasteiger partial charge in [0.25, 0.3) is 0 Å². The average molecular weight is 249 g/mol. The van der Waals surface area contributed by atoms with Crippen molar-refractivity contribution in [2.45, 2.75) is 32.0 Å². The van der Waals surface area contributed by atoms with Crippen LogP contribution in [0.3, 0.4) is 0 Å². The molecule has 3 nitrogen and oxygen atoms in total. The van der Waals surface area contributed by atoms with Crippen LogP contribution >= 0.6 is 0 Å². The van der Waals surface area contributed by atoms with E-state index in [9.17, 15) is 0 Å². The molecule has 0 amide bonds. The molecule has 1 N–H and O–H groups in total. The highest BCUT2D eigenvalue weighted by atomic mass is 16.5. The SMILES string of the molecule is COC(C)(C)CNCC1OCCc2ccccc21. The van der Waals surface area contributed by atoms with Gasteiger partial charge in [-0.15, -0.1) is 0 Å². The van der Waals surface area contributed by atoms with Gasteiger partial charge in [0.1, 0.15) is 0 Å². The second kappa shape index (κ2) is 5.83. The lowest BCUT2D eigenvalue weighted by Gasteiger charge is -2.28. The van der Waals surface area contributed by atoms with E-state index in [-0.39, 0.29) is 11.7 Å². The fourth-order valence-electron chi connectivity index (χ4n) is 2.22. The number of nitrogens with one attached hydrogen (secondary N) is 1. The summed E-state index contributed by atoms with van der Waals surface area (Å²) in [7, 11) is 1.74. The highest BCUT2D eigenvalue weighted by molar-refractivity contribution is 5.31. The van der Waals surface area contributed by atoms with Crippen LogP contribution in [-0.4, -0.2) is 32.4 Å². The molecule has 0 saturated heterocycles. The molecule has 3 heteroatoms. The molecule has 0 aliphatic carbocycles. The minimum Gasteiger partial charge on any atom is -0.377 e. The summed E-state index contributed by atoms with van der Waals surface area (Å²) in [5.74, 6) is 0. The molecule has 1 unspecified atom stereocenters. The van der Waals surface area contributed by atoms with E-state index in [1.54, 1.807) is 7.11 Å². The third-order valence-electron chi connectivity index (χ3n) is 3.53. The normalized spacial score (nSPS) is 19.6. The highest BCUT2D eigenvalue weighted by Gasteiger charge is 2.21. The third-order valence-corrected chi connectivity index (χ3v) is 3.53. The number of ether oxygens (including phenoxy) is 2. The molecule has 1 heterocycles. The zero-order valence-electron chi connectivity index (χ0n) is 11.5. The summed E-state index contributed by atoms with van der Waals surface area (Å²) in [4.78, 5) is 0. The van der Waals surface area contributed by atoms with E-state index in [0.717, 1.165) is 26.1 Å². The van der Waals surface area contributed by atoms with Crippen LogP contribution in [0, 0.1) is 0 Å². The standard InChI is InChI=1S/C15H23NO2/c1-15(2,17-3)11-16-10-14-13-7-5-4-6-12(13)8-9-18-14/h4-7,14,16H,8-11H2,1-3H3. The lowest BCUT2D eigenvalue weighted by Crippen LogP contribution is -2.39. The molecular formula is C15H23NO2. The third kappa shape index (κ3) is 3.31. The molecule has 1 aromatic carbocycles. The molecule has 1 atom stereocenters. The first-order valence-corrected chi connectivity index (χ1v) is 6.58. The van der Waals surface area contributed by atoms with Crippen molar-refractivity contribution in [2.24, 2.45) is 0 Å². The largest absolute Gasteiger partial charge is 0.377 e. The Balaban J connectivity index is 1.92. The second-order valence-electron chi connectivity index (χ2n) is 5.40. The molecule has 100 valence electrons. The van der Waals surface area contributed by atoms with Crippen molar-refractivity contribution in [3.05, 3.63) is 35.4 Å². The molecular weight excluding hydrogens is 226 g/mol. The number of methoxy groups -OCH3 is 1. The second-order valence-corrected chi connectivity index (χ2v) is 5.40. The van der Waals surface area contributed by atoms with E-state index in [2.05, 4.69) is 43.4 Å². The molecule has 0 bridgehead atoms. The summed E-state index contributed by atoms with van der Waals surface area (Å²) >= 11 is 0. The van der Waals surface area contributed by atoms with E-state index >= 15 is 0 Å². The monoisotopic (exact) mass is 249 g/mol. The van der Waals surface area contributed by atoms with Gasteiger partial charge in [-0.3, -0.25) is 0 Å². The molecule has 1 aliphatic rings. The first kappa shape index (κ1) is 13.5. The van der Waals surface area contributed by atoms with Crippen molar-refractivity contribution in [3.8, 4) is 0 Å². The van der Waals surface area contributed by atoms with Crippen molar-refractivity contribution >= 4 is 0 Å². The predicted octanol–water partition coefficient (Wildman–Crippen LogP) is 2.32. The Morgan fingerprint density at radius 2 is 2.17 bits per heavy atom. The Bertz CT molecular complexity index is 390. The maximum atomic E-state index is 5.85. The molecule has 18 heavy (non-hydrogen) atoms. The number of fused-ring (bicyclic) bond motifs is 1. The van der Waals surface area contributed by atoms with Gasteiger partial charge in [0.05, 0.1) is 18.3 Å². The van der Waals surface area contributed by atoms with Gasteiger partial charge in [0.2, 0.25) is 0 Å². The minimum atomic E-state index is -0.131. The lowest BCUT2D eigenvalue weighted by atomic mass is 9.97. The molecule has 0 spiro atoms. The fraction of sp³-hybridized carbons (Fsp3) is 0.600. The van der Waals surface area contributed by atoms with Gasteiger partial charge in [-0.05, 0) is 31.4 Å². The van der Waals surface area contributed by atoms with Gasteiger partial charge in [-0.2, -0.15) is 0 Å². The maximum Gasteiger partial charge on any atom is 0.0952 e. The van der Waals surface area contributed by atoms with Crippen LogP contribution in [0.4, 0.5) is 0 Å². The number of rotatable bonds is 5. The van der Waals surface area contributed by atoms with Gasteiger partial charge >= 0.3 is 0 Å². The molecule has 0 radical (unpaired) electrons. The topological polar surface area (TPSA) is 30.5 Å². The van der Waals surface area contributed by atoms with E-state index < -0.39 is 0 Å². The van der Waals surface area contributed by atoms with Gasteiger partial charge in [-0.1, -0.05) is 24.3 Å².